The number of aryl methyl sites for hydroxylation is 1. The van der Waals surface area contributed by atoms with Gasteiger partial charge in [-0.25, -0.2) is 8.78 Å². The third-order valence-electron chi connectivity index (χ3n) is 5.09. The average molecular weight is 385 g/mol. The van der Waals surface area contributed by atoms with Crippen LogP contribution in [0.3, 0.4) is 0 Å². The van der Waals surface area contributed by atoms with Gasteiger partial charge in [0.15, 0.2) is 0 Å². The van der Waals surface area contributed by atoms with Gasteiger partial charge in [0.25, 0.3) is 0 Å². The molecule has 1 aliphatic heterocycles. The number of likely N-dealkylation sites (N-methyl/N-ethyl adjacent to an activating group) is 1. The lowest BCUT2D eigenvalue weighted by Gasteiger charge is -2.26. The maximum atomic E-state index is 14.6. The summed E-state index contributed by atoms with van der Waals surface area (Å²) in [6.07, 6.45) is 0. The number of nitrogens with zero attached hydrogens (tertiary/aromatic N) is 3. The van der Waals surface area contributed by atoms with Gasteiger partial charge < -0.3 is 9.80 Å². The molecule has 0 unspecified atom stereocenters. The summed E-state index contributed by atoms with van der Waals surface area (Å²) in [5.74, 6) is -1.06. The van der Waals surface area contributed by atoms with Crippen molar-refractivity contribution in [1.82, 2.24) is 4.90 Å². The molecule has 1 heterocycles. The second-order valence-corrected chi connectivity index (χ2v) is 6.88. The molecule has 28 heavy (non-hydrogen) atoms. The Morgan fingerprint density at radius 3 is 2.50 bits per heavy atom. The normalized spacial score (nSPS) is 14.1. The fourth-order valence-electron chi connectivity index (χ4n) is 3.45. The molecule has 148 valence electrons. The van der Waals surface area contributed by atoms with Crippen LogP contribution in [0.4, 0.5) is 14.5 Å². The minimum atomic E-state index is -0.447. The van der Waals surface area contributed by atoms with Crippen LogP contribution in [-0.2, 0) is 4.79 Å². The van der Waals surface area contributed by atoms with Crippen molar-refractivity contribution in [2.24, 2.45) is 4.99 Å². The summed E-state index contributed by atoms with van der Waals surface area (Å²) in [5, 5.41) is 0. The van der Waals surface area contributed by atoms with E-state index in [1.165, 1.54) is 18.2 Å². The van der Waals surface area contributed by atoms with Crippen LogP contribution in [0, 0.1) is 18.6 Å². The second kappa shape index (κ2) is 8.61. The summed E-state index contributed by atoms with van der Waals surface area (Å²) in [5.41, 5.74) is 2.37. The molecule has 0 bridgehead atoms. The Kier molecular flexibility index (Phi) is 6.19. The molecule has 2 aromatic carbocycles. The molecule has 0 aliphatic carbocycles. The number of amides is 1. The average Bonchev–Trinajstić information content (AvgIpc) is 2.79. The fraction of sp³-hybridized carbons (Fsp3) is 0.364. The molecule has 1 aliphatic rings. The van der Waals surface area contributed by atoms with Crippen LogP contribution in [0.25, 0.3) is 0 Å². The molecule has 0 aromatic heterocycles. The molecule has 0 saturated heterocycles. The molecule has 2 aromatic rings. The highest BCUT2D eigenvalue weighted by molar-refractivity contribution is 6.19. The molecule has 0 radical (unpaired) electrons. The zero-order valence-electron chi connectivity index (χ0n) is 16.5. The Hall–Kier alpha value is -2.60. The van der Waals surface area contributed by atoms with E-state index in [0.29, 0.717) is 30.1 Å². The van der Waals surface area contributed by atoms with Crippen molar-refractivity contribution in [3.63, 3.8) is 0 Å². The third-order valence-corrected chi connectivity index (χ3v) is 5.09. The smallest absolute Gasteiger partial charge is 0.248 e. The highest BCUT2D eigenvalue weighted by Crippen LogP contribution is 2.29. The Bertz CT molecular complexity index is 907. The summed E-state index contributed by atoms with van der Waals surface area (Å²) in [4.78, 5) is 21.0. The number of anilines is 1. The Labute approximate surface area is 164 Å². The van der Waals surface area contributed by atoms with E-state index in [9.17, 15) is 13.6 Å². The van der Waals surface area contributed by atoms with E-state index in [1.807, 2.05) is 0 Å². The molecule has 0 N–H and O–H groups in total. The predicted molar refractivity (Wildman–Crippen MR) is 108 cm³/mol. The first-order chi connectivity index (χ1) is 13.4. The monoisotopic (exact) mass is 385 g/mol. The highest BCUT2D eigenvalue weighted by Gasteiger charge is 2.27. The number of carbonyl (C=O) groups is 1. The van der Waals surface area contributed by atoms with E-state index in [0.717, 1.165) is 18.7 Å². The van der Waals surface area contributed by atoms with Crippen molar-refractivity contribution >= 4 is 17.3 Å². The maximum Gasteiger partial charge on any atom is 0.248 e. The number of fused-ring (bicyclic) bond motifs is 1. The molecular formula is C22H25F2N3O. The second-order valence-electron chi connectivity index (χ2n) is 6.88. The SMILES string of the molecule is CCN(CC)CCN1C(=O)CN=C(c2ccc(C)cc2F)c2cc(F)ccc21. The van der Waals surface area contributed by atoms with E-state index in [4.69, 9.17) is 0 Å². The molecule has 0 fully saturated rings. The van der Waals surface area contributed by atoms with Gasteiger partial charge in [0.2, 0.25) is 5.91 Å². The summed E-state index contributed by atoms with van der Waals surface area (Å²) in [7, 11) is 0. The molecular weight excluding hydrogens is 360 g/mol. The van der Waals surface area contributed by atoms with Crippen molar-refractivity contribution in [3.8, 4) is 0 Å². The van der Waals surface area contributed by atoms with Crippen molar-refractivity contribution in [3.05, 3.63) is 64.7 Å². The van der Waals surface area contributed by atoms with Crippen molar-refractivity contribution in [2.45, 2.75) is 20.8 Å². The topological polar surface area (TPSA) is 35.9 Å². The lowest BCUT2D eigenvalue weighted by molar-refractivity contribution is -0.117. The minimum Gasteiger partial charge on any atom is -0.309 e. The molecule has 0 atom stereocenters. The van der Waals surface area contributed by atoms with E-state index in [-0.39, 0.29) is 18.0 Å². The number of hydrogen-bond donors (Lipinski definition) is 0. The van der Waals surface area contributed by atoms with Crippen molar-refractivity contribution in [1.29, 1.82) is 0 Å². The first-order valence-electron chi connectivity index (χ1n) is 9.58. The third kappa shape index (κ3) is 4.12. The molecule has 4 nitrogen and oxygen atoms in total. The number of benzodiazepines with no additional fused rings is 1. The van der Waals surface area contributed by atoms with Crippen molar-refractivity contribution < 1.29 is 13.6 Å². The Morgan fingerprint density at radius 2 is 1.82 bits per heavy atom. The van der Waals surface area contributed by atoms with E-state index in [2.05, 4.69) is 23.7 Å². The van der Waals surface area contributed by atoms with Gasteiger partial charge in [-0.1, -0.05) is 19.9 Å². The van der Waals surface area contributed by atoms with Crippen LogP contribution in [0.5, 0.6) is 0 Å². The molecule has 1 amide bonds. The van der Waals surface area contributed by atoms with Crippen LogP contribution in [-0.4, -0.2) is 49.2 Å². The van der Waals surface area contributed by atoms with E-state index >= 15 is 0 Å². The minimum absolute atomic E-state index is 0.100. The number of benzene rings is 2. The summed E-state index contributed by atoms with van der Waals surface area (Å²) in [6.45, 7) is 8.76. The lowest BCUT2D eigenvalue weighted by Crippen LogP contribution is -2.39. The van der Waals surface area contributed by atoms with Crippen LogP contribution >= 0.6 is 0 Å². The van der Waals surface area contributed by atoms with Crippen LogP contribution in [0.2, 0.25) is 0 Å². The van der Waals surface area contributed by atoms with Crippen LogP contribution in [0.15, 0.2) is 41.4 Å². The summed E-state index contributed by atoms with van der Waals surface area (Å²) in [6, 6.07) is 9.07. The van der Waals surface area contributed by atoms with Gasteiger partial charge in [-0.05, 0) is 55.9 Å². The van der Waals surface area contributed by atoms with Crippen molar-refractivity contribution in [2.75, 3.05) is 37.6 Å². The van der Waals surface area contributed by atoms with Gasteiger partial charge in [-0.2, -0.15) is 0 Å². The lowest BCUT2D eigenvalue weighted by atomic mass is 9.98. The predicted octanol–water partition coefficient (Wildman–Crippen LogP) is 3.80. The van der Waals surface area contributed by atoms with Gasteiger partial charge in [0.05, 0.1) is 11.4 Å². The van der Waals surface area contributed by atoms with Gasteiger partial charge in [-0.15, -0.1) is 0 Å². The van der Waals surface area contributed by atoms with Gasteiger partial charge in [0.1, 0.15) is 18.2 Å². The molecule has 0 saturated carbocycles. The van der Waals surface area contributed by atoms with Crippen LogP contribution < -0.4 is 4.90 Å². The summed E-state index contributed by atoms with van der Waals surface area (Å²) >= 11 is 0. The number of hydrogen-bond acceptors (Lipinski definition) is 3. The fourth-order valence-corrected chi connectivity index (χ4v) is 3.45. The van der Waals surface area contributed by atoms with Gasteiger partial charge >= 0.3 is 0 Å². The summed E-state index contributed by atoms with van der Waals surface area (Å²) < 4.78 is 28.7. The number of carbonyl (C=O) groups excluding carboxylic acids is 1. The molecule has 6 heteroatoms. The molecule has 3 rings (SSSR count). The number of aliphatic imine (C=N–C) groups is 1. The van der Waals surface area contributed by atoms with Gasteiger partial charge in [0, 0.05) is 24.2 Å². The molecule has 0 spiro atoms. The standard InChI is InChI=1S/C22H25F2N3O/c1-4-26(5-2)10-11-27-20-9-7-16(23)13-18(20)22(25-14-21(27)28)17-8-6-15(3)12-19(17)24/h6-9,12-13H,4-5,10-11,14H2,1-3H3. The quantitative estimate of drug-likeness (QED) is 0.758. The number of rotatable bonds is 6. The first-order valence-corrected chi connectivity index (χ1v) is 9.58. The first kappa shape index (κ1) is 20.1. The van der Waals surface area contributed by atoms with E-state index in [1.54, 1.807) is 30.0 Å². The van der Waals surface area contributed by atoms with Gasteiger partial charge in [-0.3, -0.25) is 9.79 Å². The highest BCUT2D eigenvalue weighted by atomic mass is 19.1. The van der Waals surface area contributed by atoms with Crippen LogP contribution in [0.1, 0.15) is 30.5 Å². The largest absolute Gasteiger partial charge is 0.309 e. The Balaban J connectivity index is 2.05. The zero-order chi connectivity index (χ0) is 20.3. The zero-order valence-corrected chi connectivity index (χ0v) is 16.5. The maximum absolute atomic E-state index is 14.6. The van der Waals surface area contributed by atoms with E-state index < -0.39 is 11.6 Å². The Morgan fingerprint density at radius 1 is 1.07 bits per heavy atom. The number of halogens is 2.